The lowest BCUT2D eigenvalue weighted by atomic mass is 10.0. The minimum atomic E-state index is 0.149. The van der Waals surface area contributed by atoms with Gasteiger partial charge in [0, 0.05) is 44.4 Å². The van der Waals surface area contributed by atoms with Gasteiger partial charge in [0.2, 0.25) is 11.9 Å². The Hall–Kier alpha value is -3.22. The molecule has 3 aromatic rings. The molecule has 150 valence electrons. The van der Waals surface area contributed by atoms with E-state index in [-0.39, 0.29) is 11.8 Å². The van der Waals surface area contributed by atoms with Gasteiger partial charge in [0.05, 0.1) is 17.0 Å². The Kier molecular flexibility index (Phi) is 5.05. The van der Waals surface area contributed by atoms with Crippen molar-refractivity contribution in [3.63, 3.8) is 0 Å². The number of carbonyl (C=O) groups excluding carboxylic acids is 1. The number of rotatable bonds is 6. The van der Waals surface area contributed by atoms with E-state index in [9.17, 15) is 4.79 Å². The second-order valence-electron chi connectivity index (χ2n) is 7.89. The van der Waals surface area contributed by atoms with Gasteiger partial charge >= 0.3 is 0 Å². The second-order valence-corrected chi connectivity index (χ2v) is 7.89. The van der Waals surface area contributed by atoms with Crippen molar-refractivity contribution in [2.45, 2.75) is 26.8 Å². The molecule has 7 heteroatoms. The van der Waals surface area contributed by atoms with Crippen LogP contribution in [0.4, 0.5) is 5.95 Å². The van der Waals surface area contributed by atoms with Gasteiger partial charge in [-0.15, -0.1) is 0 Å². The Labute approximate surface area is 170 Å². The Bertz CT molecular complexity index is 1030. The van der Waals surface area contributed by atoms with Crippen LogP contribution >= 0.6 is 0 Å². The number of nitrogens with zero attached hydrogens (tertiary/aromatic N) is 4. The highest BCUT2D eigenvalue weighted by Crippen LogP contribution is 2.37. The molecule has 1 aliphatic carbocycles. The number of aromatic nitrogens is 3. The van der Waals surface area contributed by atoms with Crippen LogP contribution in [-0.2, 0) is 11.3 Å². The van der Waals surface area contributed by atoms with E-state index in [0.29, 0.717) is 24.2 Å². The maximum absolute atomic E-state index is 12.0. The molecule has 0 saturated heterocycles. The molecule has 1 amide bonds. The van der Waals surface area contributed by atoms with Crippen molar-refractivity contribution in [3.05, 3.63) is 47.8 Å². The van der Waals surface area contributed by atoms with Crippen LogP contribution in [-0.4, -0.2) is 35.1 Å². The van der Waals surface area contributed by atoms with Crippen molar-refractivity contribution in [2.75, 3.05) is 19.0 Å². The van der Waals surface area contributed by atoms with Crippen molar-refractivity contribution >= 4 is 11.9 Å². The zero-order chi connectivity index (χ0) is 20.5. The molecule has 2 aromatic heterocycles. The number of aryl methyl sites for hydroxylation is 1. The molecule has 1 aliphatic rings. The average Bonchev–Trinajstić information content (AvgIpc) is 3.30. The second kappa shape index (κ2) is 7.66. The summed E-state index contributed by atoms with van der Waals surface area (Å²) in [6.45, 7) is 4.52. The molecule has 0 unspecified atom stereocenters. The first kappa shape index (κ1) is 19.1. The number of nitrogens with one attached hydrogen (secondary N) is 1. The number of hydrogen-bond acceptors (Lipinski definition) is 6. The Balaban J connectivity index is 1.59. The molecule has 2 heterocycles. The quantitative estimate of drug-likeness (QED) is 0.693. The third kappa shape index (κ3) is 4.13. The summed E-state index contributed by atoms with van der Waals surface area (Å²) in [5.41, 5.74) is 4.38. The molecule has 4 rings (SSSR count). The van der Waals surface area contributed by atoms with E-state index in [1.165, 1.54) is 0 Å². The van der Waals surface area contributed by atoms with Crippen LogP contribution in [0.1, 0.15) is 24.6 Å². The molecule has 1 saturated carbocycles. The molecule has 1 aromatic carbocycles. The van der Waals surface area contributed by atoms with Crippen LogP contribution in [0.15, 0.2) is 41.1 Å². The predicted octanol–water partition coefficient (Wildman–Crippen LogP) is 3.45. The summed E-state index contributed by atoms with van der Waals surface area (Å²) in [5, 5.41) is 7.00. The predicted molar refractivity (Wildman–Crippen MR) is 111 cm³/mol. The van der Waals surface area contributed by atoms with Gasteiger partial charge in [0.15, 0.2) is 5.76 Å². The molecule has 1 fully saturated rings. The maximum Gasteiger partial charge on any atom is 0.225 e. The number of anilines is 1. The summed E-state index contributed by atoms with van der Waals surface area (Å²) >= 11 is 0. The molecule has 1 N–H and O–H groups in total. The lowest BCUT2D eigenvalue weighted by Crippen LogP contribution is -2.24. The van der Waals surface area contributed by atoms with Crippen molar-refractivity contribution in [2.24, 2.45) is 11.8 Å². The largest absolute Gasteiger partial charge is 0.356 e. The molecule has 0 bridgehead atoms. The smallest absolute Gasteiger partial charge is 0.225 e. The molecule has 29 heavy (non-hydrogen) atoms. The van der Waals surface area contributed by atoms with Crippen molar-refractivity contribution < 1.29 is 9.32 Å². The minimum Gasteiger partial charge on any atom is -0.356 e. The zero-order valence-electron chi connectivity index (χ0n) is 17.1. The Morgan fingerprint density at radius 2 is 2.00 bits per heavy atom. The SMILES string of the molecule is Cc1cc(-c2cnc(N(C)C)nc2-c2ccc(CNC(=O)[C@@H]3C[C@H]3C)cc2)on1. The van der Waals surface area contributed by atoms with Crippen molar-refractivity contribution in [1.29, 1.82) is 0 Å². The lowest BCUT2D eigenvalue weighted by Gasteiger charge is -2.14. The summed E-state index contributed by atoms with van der Waals surface area (Å²) in [4.78, 5) is 23.0. The van der Waals surface area contributed by atoms with Gasteiger partial charge < -0.3 is 14.7 Å². The molecule has 0 aliphatic heterocycles. The fraction of sp³-hybridized carbons (Fsp3) is 0.364. The van der Waals surface area contributed by atoms with E-state index in [1.807, 2.05) is 56.3 Å². The van der Waals surface area contributed by atoms with Gasteiger partial charge in [-0.25, -0.2) is 9.97 Å². The van der Waals surface area contributed by atoms with E-state index in [4.69, 9.17) is 9.51 Å². The zero-order valence-corrected chi connectivity index (χ0v) is 17.1. The number of carbonyl (C=O) groups is 1. The summed E-state index contributed by atoms with van der Waals surface area (Å²) in [6.07, 6.45) is 2.76. The summed E-state index contributed by atoms with van der Waals surface area (Å²) in [6, 6.07) is 9.92. The molecular formula is C22H25N5O2. The highest BCUT2D eigenvalue weighted by molar-refractivity contribution is 5.81. The van der Waals surface area contributed by atoms with Crippen LogP contribution in [0.5, 0.6) is 0 Å². The van der Waals surface area contributed by atoms with E-state index < -0.39 is 0 Å². The van der Waals surface area contributed by atoms with E-state index in [0.717, 1.165) is 34.5 Å². The van der Waals surface area contributed by atoms with Crippen molar-refractivity contribution in [3.8, 4) is 22.6 Å². The first-order chi connectivity index (χ1) is 13.9. The highest BCUT2D eigenvalue weighted by Gasteiger charge is 2.38. The van der Waals surface area contributed by atoms with Crippen molar-refractivity contribution in [1.82, 2.24) is 20.4 Å². The summed E-state index contributed by atoms with van der Waals surface area (Å²) in [5.74, 6) is 2.11. The topological polar surface area (TPSA) is 84.2 Å². The fourth-order valence-corrected chi connectivity index (χ4v) is 3.27. The maximum atomic E-state index is 12.0. The van der Waals surface area contributed by atoms with Crippen LogP contribution < -0.4 is 10.2 Å². The molecule has 2 atom stereocenters. The Morgan fingerprint density at radius 1 is 1.28 bits per heavy atom. The monoisotopic (exact) mass is 391 g/mol. The minimum absolute atomic E-state index is 0.149. The normalized spacial score (nSPS) is 17.8. The molecule has 0 radical (unpaired) electrons. The van der Waals surface area contributed by atoms with Gasteiger partial charge in [-0.2, -0.15) is 0 Å². The first-order valence-electron chi connectivity index (χ1n) is 9.77. The van der Waals surface area contributed by atoms with Crippen LogP contribution in [0.2, 0.25) is 0 Å². The number of amides is 1. The average molecular weight is 391 g/mol. The van der Waals surface area contributed by atoms with E-state index >= 15 is 0 Å². The van der Waals surface area contributed by atoms with E-state index in [1.54, 1.807) is 6.20 Å². The van der Waals surface area contributed by atoms with Gasteiger partial charge in [0.1, 0.15) is 0 Å². The molecule has 7 nitrogen and oxygen atoms in total. The third-order valence-corrected chi connectivity index (χ3v) is 5.21. The third-order valence-electron chi connectivity index (χ3n) is 5.21. The van der Waals surface area contributed by atoms with Gasteiger partial charge in [-0.3, -0.25) is 4.79 Å². The first-order valence-corrected chi connectivity index (χ1v) is 9.77. The van der Waals surface area contributed by atoms with Crippen LogP contribution in [0.3, 0.4) is 0 Å². The standard InChI is InChI=1S/C22H25N5O2/c1-13-9-17(13)21(28)23-11-15-5-7-16(8-6-15)20-18(19-10-14(2)26-29-19)12-24-22(25-20)27(3)4/h5-8,10,12-13,17H,9,11H2,1-4H3,(H,23,28)/t13-,17-/m1/s1. The van der Waals surface area contributed by atoms with E-state index in [2.05, 4.69) is 22.4 Å². The summed E-state index contributed by atoms with van der Waals surface area (Å²) in [7, 11) is 3.81. The van der Waals surface area contributed by atoms with Crippen LogP contribution in [0.25, 0.3) is 22.6 Å². The lowest BCUT2D eigenvalue weighted by molar-refractivity contribution is -0.122. The molecule has 0 spiro atoms. The number of hydrogen-bond donors (Lipinski definition) is 1. The highest BCUT2D eigenvalue weighted by atomic mass is 16.5. The van der Waals surface area contributed by atoms with Gasteiger partial charge in [0.25, 0.3) is 0 Å². The fourth-order valence-electron chi connectivity index (χ4n) is 3.27. The van der Waals surface area contributed by atoms with Gasteiger partial charge in [-0.1, -0.05) is 36.3 Å². The van der Waals surface area contributed by atoms with Crippen LogP contribution in [0, 0.1) is 18.8 Å². The van der Waals surface area contributed by atoms with Gasteiger partial charge in [-0.05, 0) is 24.8 Å². The summed E-state index contributed by atoms with van der Waals surface area (Å²) < 4.78 is 5.45. The molecular weight excluding hydrogens is 366 g/mol. The number of benzene rings is 1. The Morgan fingerprint density at radius 3 is 2.59 bits per heavy atom.